The Labute approximate surface area is 135 Å². The molecule has 0 spiro atoms. The molecule has 0 aliphatic heterocycles. The van der Waals surface area contributed by atoms with Gasteiger partial charge in [-0.25, -0.2) is 5.43 Å². The number of hydrogen-bond acceptors (Lipinski definition) is 3. The second kappa shape index (κ2) is 8.39. The average molecular weight is 312 g/mol. The molecule has 0 heterocycles. The molecule has 1 N–H and O–H groups in total. The normalized spacial score (nSPS) is 10.8. The number of nitrogens with one attached hydrogen (secondary N) is 1. The first-order chi connectivity index (χ1) is 10.6. The molecule has 4 heteroatoms. The first-order valence-corrected chi connectivity index (χ1v) is 8.31. The molecule has 3 nitrogen and oxygen atoms in total. The number of benzene rings is 2. The van der Waals surface area contributed by atoms with Gasteiger partial charge in [0.15, 0.2) is 0 Å². The number of aryl methyl sites for hydroxylation is 2. The first-order valence-electron chi connectivity index (χ1n) is 7.16. The monoisotopic (exact) mass is 312 g/mol. The van der Waals surface area contributed by atoms with Crippen LogP contribution in [0.25, 0.3) is 0 Å². The highest BCUT2D eigenvalue weighted by Gasteiger charge is 2.02. The number of nitrogens with zero attached hydrogens (tertiary/aromatic N) is 1. The molecule has 0 unspecified atom stereocenters. The number of rotatable bonds is 6. The van der Waals surface area contributed by atoms with Crippen LogP contribution in [0.15, 0.2) is 53.6 Å². The zero-order valence-electron chi connectivity index (χ0n) is 12.9. The maximum absolute atomic E-state index is 11.7. The predicted octanol–water partition coefficient (Wildman–Crippen LogP) is 3.69. The van der Waals surface area contributed by atoms with Crippen LogP contribution in [0.1, 0.15) is 22.3 Å². The summed E-state index contributed by atoms with van der Waals surface area (Å²) in [4.78, 5) is 11.7. The van der Waals surface area contributed by atoms with E-state index in [9.17, 15) is 4.79 Å². The van der Waals surface area contributed by atoms with E-state index >= 15 is 0 Å². The first kappa shape index (κ1) is 16.3. The van der Waals surface area contributed by atoms with Crippen LogP contribution in [0.2, 0.25) is 0 Å². The minimum absolute atomic E-state index is 0.0815. The Balaban J connectivity index is 1.72. The minimum Gasteiger partial charge on any atom is -0.272 e. The molecule has 0 aromatic heterocycles. The average Bonchev–Trinajstić information content (AvgIpc) is 2.51. The van der Waals surface area contributed by atoms with Crippen molar-refractivity contribution in [2.24, 2.45) is 5.10 Å². The van der Waals surface area contributed by atoms with Gasteiger partial charge >= 0.3 is 0 Å². The van der Waals surface area contributed by atoms with E-state index in [0.717, 1.165) is 11.3 Å². The Hall–Kier alpha value is -2.07. The van der Waals surface area contributed by atoms with Crippen LogP contribution in [0.4, 0.5) is 0 Å². The summed E-state index contributed by atoms with van der Waals surface area (Å²) in [6.07, 6.45) is 1.66. The molecule has 0 saturated heterocycles. The molecular formula is C18H20N2OS. The summed E-state index contributed by atoms with van der Waals surface area (Å²) in [5, 5.41) is 3.98. The topological polar surface area (TPSA) is 41.5 Å². The molecule has 1 amide bonds. The summed E-state index contributed by atoms with van der Waals surface area (Å²) in [7, 11) is 0. The van der Waals surface area contributed by atoms with E-state index in [-0.39, 0.29) is 5.91 Å². The van der Waals surface area contributed by atoms with Crippen molar-refractivity contribution in [3.05, 3.63) is 70.8 Å². The number of carbonyl (C=O) groups is 1. The van der Waals surface area contributed by atoms with E-state index in [1.165, 1.54) is 16.7 Å². The van der Waals surface area contributed by atoms with E-state index in [0.29, 0.717) is 5.75 Å². The van der Waals surface area contributed by atoms with E-state index in [2.05, 4.69) is 29.6 Å². The van der Waals surface area contributed by atoms with E-state index < -0.39 is 0 Å². The maximum Gasteiger partial charge on any atom is 0.250 e. The quantitative estimate of drug-likeness (QED) is 0.653. The van der Waals surface area contributed by atoms with Crippen molar-refractivity contribution in [2.45, 2.75) is 19.6 Å². The lowest BCUT2D eigenvalue weighted by Gasteiger charge is -2.04. The van der Waals surface area contributed by atoms with Crippen molar-refractivity contribution in [3.8, 4) is 0 Å². The fraction of sp³-hybridized carbons (Fsp3) is 0.222. The number of amides is 1. The van der Waals surface area contributed by atoms with Crippen LogP contribution in [0, 0.1) is 13.8 Å². The third kappa shape index (κ3) is 5.37. The van der Waals surface area contributed by atoms with Crippen molar-refractivity contribution in [3.63, 3.8) is 0 Å². The molecule has 2 rings (SSSR count). The van der Waals surface area contributed by atoms with Crippen LogP contribution >= 0.6 is 11.8 Å². The summed E-state index contributed by atoms with van der Waals surface area (Å²) in [6, 6.07) is 16.2. The molecular weight excluding hydrogens is 292 g/mol. The number of hydrogen-bond donors (Lipinski definition) is 1. The summed E-state index contributed by atoms with van der Waals surface area (Å²) in [5.41, 5.74) is 7.25. The predicted molar refractivity (Wildman–Crippen MR) is 94.3 cm³/mol. The molecule has 0 saturated carbocycles. The van der Waals surface area contributed by atoms with Crippen LogP contribution < -0.4 is 5.43 Å². The Kier molecular flexibility index (Phi) is 6.22. The second-order valence-electron chi connectivity index (χ2n) is 5.12. The fourth-order valence-electron chi connectivity index (χ4n) is 1.89. The molecule has 0 fully saturated rings. The standard InChI is InChI=1S/C18H20N2OS/c1-14-7-9-16(10-8-14)11-19-20-18(21)13-22-12-17-6-4-3-5-15(17)2/h3-11H,12-13H2,1-2H3,(H,20,21). The molecule has 0 aliphatic carbocycles. The minimum atomic E-state index is -0.0815. The van der Waals surface area contributed by atoms with Crippen molar-refractivity contribution in [1.29, 1.82) is 0 Å². The molecule has 0 atom stereocenters. The molecule has 2 aromatic rings. The van der Waals surface area contributed by atoms with Gasteiger partial charge in [0.1, 0.15) is 0 Å². The van der Waals surface area contributed by atoms with Crippen LogP contribution in [0.3, 0.4) is 0 Å². The van der Waals surface area contributed by atoms with E-state index in [4.69, 9.17) is 0 Å². The third-order valence-corrected chi connectivity index (χ3v) is 4.21. The Morgan fingerprint density at radius 1 is 1.14 bits per heavy atom. The van der Waals surface area contributed by atoms with Gasteiger partial charge in [0.25, 0.3) is 0 Å². The number of hydrazone groups is 1. The molecule has 2 aromatic carbocycles. The van der Waals surface area contributed by atoms with E-state index in [1.807, 2.05) is 43.3 Å². The fourth-order valence-corrected chi connectivity index (χ4v) is 2.79. The number of thioether (sulfide) groups is 1. The van der Waals surface area contributed by atoms with Gasteiger partial charge in [-0.2, -0.15) is 5.10 Å². The largest absolute Gasteiger partial charge is 0.272 e. The molecule has 0 aliphatic rings. The molecule has 22 heavy (non-hydrogen) atoms. The lowest BCUT2D eigenvalue weighted by Crippen LogP contribution is -2.19. The van der Waals surface area contributed by atoms with Gasteiger partial charge in [0, 0.05) is 5.75 Å². The highest BCUT2D eigenvalue weighted by Crippen LogP contribution is 2.15. The zero-order valence-corrected chi connectivity index (χ0v) is 13.7. The molecule has 0 bridgehead atoms. The SMILES string of the molecule is Cc1ccc(C=NNC(=O)CSCc2ccccc2C)cc1. The lowest BCUT2D eigenvalue weighted by molar-refractivity contribution is -0.118. The molecule has 0 radical (unpaired) electrons. The summed E-state index contributed by atoms with van der Waals surface area (Å²) in [5.74, 6) is 1.16. The summed E-state index contributed by atoms with van der Waals surface area (Å²) in [6.45, 7) is 4.12. The Morgan fingerprint density at radius 2 is 1.86 bits per heavy atom. The highest BCUT2D eigenvalue weighted by atomic mass is 32.2. The van der Waals surface area contributed by atoms with Crippen LogP contribution in [-0.4, -0.2) is 17.9 Å². The lowest BCUT2D eigenvalue weighted by atomic mass is 10.1. The van der Waals surface area contributed by atoms with Crippen LogP contribution in [-0.2, 0) is 10.5 Å². The van der Waals surface area contributed by atoms with Gasteiger partial charge in [-0.05, 0) is 30.5 Å². The van der Waals surface area contributed by atoms with Gasteiger partial charge in [0.2, 0.25) is 5.91 Å². The van der Waals surface area contributed by atoms with Crippen molar-refractivity contribution in [1.82, 2.24) is 5.43 Å². The van der Waals surface area contributed by atoms with E-state index in [1.54, 1.807) is 18.0 Å². The van der Waals surface area contributed by atoms with Crippen molar-refractivity contribution >= 4 is 23.9 Å². The van der Waals surface area contributed by atoms with Crippen LogP contribution in [0.5, 0.6) is 0 Å². The summed E-state index contributed by atoms with van der Waals surface area (Å²) < 4.78 is 0. The van der Waals surface area contributed by atoms with Crippen molar-refractivity contribution in [2.75, 3.05) is 5.75 Å². The van der Waals surface area contributed by atoms with Gasteiger partial charge in [-0.1, -0.05) is 54.1 Å². The van der Waals surface area contributed by atoms with Gasteiger partial charge < -0.3 is 0 Å². The smallest absolute Gasteiger partial charge is 0.250 e. The van der Waals surface area contributed by atoms with Gasteiger partial charge in [-0.3, -0.25) is 4.79 Å². The second-order valence-corrected chi connectivity index (χ2v) is 6.11. The Morgan fingerprint density at radius 3 is 2.59 bits per heavy atom. The van der Waals surface area contributed by atoms with Gasteiger partial charge in [-0.15, -0.1) is 11.8 Å². The summed E-state index contributed by atoms with van der Waals surface area (Å²) >= 11 is 1.59. The highest BCUT2D eigenvalue weighted by molar-refractivity contribution is 7.99. The third-order valence-electron chi connectivity index (χ3n) is 3.23. The van der Waals surface area contributed by atoms with Crippen molar-refractivity contribution < 1.29 is 4.79 Å². The van der Waals surface area contributed by atoms with Gasteiger partial charge in [0.05, 0.1) is 12.0 Å². The Bertz CT molecular complexity index is 650. The molecule has 114 valence electrons. The maximum atomic E-state index is 11.7. The number of carbonyl (C=O) groups excluding carboxylic acids is 1. The zero-order chi connectivity index (χ0) is 15.8.